The molecule has 0 aliphatic carbocycles. The summed E-state index contributed by atoms with van der Waals surface area (Å²) in [6.07, 6.45) is -4.70. The third kappa shape index (κ3) is 4.84. The molecular weight excluding hydrogens is 493 g/mol. The van der Waals surface area contributed by atoms with E-state index >= 15 is 0 Å². The quantitative estimate of drug-likeness (QED) is 0.533. The molecule has 0 unspecified atom stereocenters. The van der Waals surface area contributed by atoms with Crippen molar-refractivity contribution < 1.29 is 35.5 Å². The fourth-order valence-electron chi connectivity index (χ4n) is 3.98. The van der Waals surface area contributed by atoms with Crippen LogP contribution < -0.4 is 5.32 Å². The summed E-state index contributed by atoms with van der Waals surface area (Å²) in [5.41, 5.74) is -2.67. The number of benzene rings is 1. The van der Waals surface area contributed by atoms with Crippen molar-refractivity contribution in [2.24, 2.45) is 4.99 Å². The number of fused-ring (bicyclic) bond motifs is 1. The Hall–Kier alpha value is -3.70. The van der Waals surface area contributed by atoms with E-state index < -0.39 is 53.0 Å². The van der Waals surface area contributed by atoms with Crippen molar-refractivity contribution in [3.63, 3.8) is 0 Å². The summed E-state index contributed by atoms with van der Waals surface area (Å²) in [4.78, 5) is 22.7. The third-order valence-electron chi connectivity index (χ3n) is 5.71. The summed E-state index contributed by atoms with van der Waals surface area (Å²) in [7, 11) is 0. The van der Waals surface area contributed by atoms with Crippen molar-refractivity contribution in [1.29, 1.82) is 0 Å². The minimum Gasteiger partial charge on any atom is -0.345 e. The van der Waals surface area contributed by atoms with Crippen molar-refractivity contribution in [3.8, 4) is 0 Å². The van der Waals surface area contributed by atoms with E-state index in [4.69, 9.17) is 0 Å². The average Bonchev–Trinajstić information content (AvgIpc) is 3.17. The number of halogens is 7. The zero-order valence-electron chi connectivity index (χ0n) is 18.9. The zero-order chi connectivity index (χ0) is 26.4. The number of pyridine rings is 1. The Kier molecular flexibility index (Phi) is 6.63. The van der Waals surface area contributed by atoms with Crippen LogP contribution in [0.15, 0.2) is 53.3 Å². The molecule has 2 atom stereocenters. The topological polar surface area (TPSA) is 57.6 Å². The Labute approximate surface area is 201 Å². The number of aliphatic imine (C=N–C) groups is 1. The van der Waals surface area contributed by atoms with Crippen molar-refractivity contribution >= 4 is 17.3 Å². The highest BCUT2D eigenvalue weighted by Gasteiger charge is 2.35. The van der Waals surface area contributed by atoms with E-state index in [2.05, 4.69) is 15.3 Å². The lowest BCUT2D eigenvalue weighted by molar-refractivity contribution is -0.138. The van der Waals surface area contributed by atoms with Gasteiger partial charge in [0, 0.05) is 30.1 Å². The predicted molar refractivity (Wildman–Crippen MR) is 117 cm³/mol. The van der Waals surface area contributed by atoms with Crippen LogP contribution in [0.5, 0.6) is 0 Å². The summed E-state index contributed by atoms with van der Waals surface area (Å²) in [5.74, 6) is -2.92. The van der Waals surface area contributed by atoms with Crippen molar-refractivity contribution in [2.45, 2.75) is 38.5 Å². The van der Waals surface area contributed by atoms with Crippen LogP contribution in [0, 0.1) is 11.6 Å². The van der Waals surface area contributed by atoms with Crippen LogP contribution in [0.25, 0.3) is 5.57 Å². The van der Waals surface area contributed by atoms with Crippen molar-refractivity contribution in [1.82, 2.24) is 15.2 Å². The van der Waals surface area contributed by atoms with Crippen LogP contribution in [0.4, 0.5) is 30.7 Å². The van der Waals surface area contributed by atoms with Gasteiger partial charge < -0.3 is 10.2 Å². The summed E-state index contributed by atoms with van der Waals surface area (Å²) in [5, 5.41) is 2.53. The van der Waals surface area contributed by atoms with E-state index in [-0.39, 0.29) is 28.6 Å². The maximum atomic E-state index is 14.6. The molecule has 0 spiro atoms. The fraction of sp³-hybridized carbons (Fsp3) is 0.292. The summed E-state index contributed by atoms with van der Waals surface area (Å²) in [6.45, 7) is 3.48. The molecule has 2 aromatic rings. The summed E-state index contributed by atoms with van der Waals surface area (Å²) in [6, 6.07) is 2.47. The number of amides is 1. The second-order valence-corrected chi connectivity index (χ2v) is 8.40. The molecule has 0 radical (unpaired) electrons. The highest BCUT2D eigenvalue weighted by molar-refractivity contribution is 6.24. The number of amidine groups is 1. The molecule has 3 heterocycles. The van der Waals surface area contributed by atoms with Gasteiger partial charge in [-0.05, 0) is 26.0 Å². The molecule has 1 aromatic heterocycles. The highest BCUT2D eigenvalue weighted by Crippen LogP contribution is 2.33. The number of allylic oxidation sites excluding steroid dienone is 2. The Bertz CT molecular complexity index is 1300. The molecule has 12 heteroatoms. The smallest absolute Gasteiger partial charge is 0.345 e. The van der Waals surface area contributed by atoms with Gasteiger partial charge in [0.05, 0.1) is 28.8 Å². The van der Waals surface area contributed by atoms with Crippen molar-refractivity contribution in [3.05, 3.63) is 82.3 Å². The van der Waals surface area contributed by atoms with Gasteiger partial charge in [-0.3, -0.25) is 14.8 Å². The minimum absolute atomic E-state index is 0.0259. The van der Waals surface area contributed by atoms with Crippen LogP contribution in [-0.4, -0.2) is 34.2 Å². The number of carbonyl (C=O) groups is 1. The standard InChI is InChI=1S/C24H19F7N4O/c1-11-9-35-10-13(20-18(25)7-14(8-32-20)24(29,30)31)6-17(22(35)33-11)23(36)34-12(2)15-4-3-5-16(19(15)26)21(27)28/h3-8,10-12,21H,9H2,1-2H3,(H,34,36)/t11-,12-/m1/s1. The number of alkyl halides is 5. The Balaban J connectivity index is 1.67. The molecule has 1 amide bonds. The van der Waals surface area contributed by atoms with E-state index in [9.17, 15) is 35.5 Å². The van der Waals surface area contributed by atoms with Crippen LogP contribution in [-0.2, 0) is 11.0 Å². The predicted octanol–water partition coefficient (Wildman–Crippen LogP) is 5.58. The molecule has 2 aliphatic heterocycles. The average molecular weight is 512 g/mol. The first-order valence-corrected chi connectivity index (χ1v) is 10.8. The molecule has 4 rings (SSSR count). The van der Waals surface area contributed by atoms with E-state index in [1.165, 1.54) is 36.2 Å². The number of nitrogens with one attached hydrogen (secondary N) is 1. The number of aromatic nitrogens is 1. The van der Waals surface area contributed by atoms with Crippen LogP contribution >= 0.6 is 0 Å². The Morgan fingerprint density at radius 2 is 1.89 bits per heavy atom. The number of hydrogen-bond acceptors (Lipinski definition) is 4. The first-order valence-electron chi connectivity index (χ1n) is 10.8. The molecule has 1 aromatic carbocycles. The number of hydrogen-bond donors (Lipinski definition) is 1. The maximum absolute atomic E-state index is 14.6. The summed E-state index contributed by atoms with van der Waals surface area (Å²) < 4.78 is 94.0. The molecule has 0 saturated carbocycles. The first-order chi connectivity index (χ1) is 16.9. The Morgan fingerprint density at radius 3 is 2.53 bits per heavy atom. The van der Waals surface area contributed by atoms with Crippen molar-refractivity contribution in [2.75, 3.05) is 6.54 Å². The van der Waals surface area contributed by atoms with Gasteiger partial charge in [0.1, 0.15) is 23.2 Å². The van der Waals surface area contributed by atoms with Crippen LogP contribution in [0.3, 0.4) is 0 Å². The van der Waals surface area contributed by atoms with E-state index in [1.807, 2.05) is 0 Å². The molecule has 0 bridgehead atoms. The van der Waals surface area contributed by atoms with E-state index in [0.717, 1.165) is 6.07 Å². The number of carbonyl (C=O) groups excluding carboxylic acids is 1. The fourth-order valence-corrected chi connectivity index (χ4v) is 3.98. The van der Waals surface area contributed by atoms with Gasteiger partial charge in [0.25, 0.3) is 12.3 Å². The second-order valence-electron chi connectivity index (χ2n) is 8.40. The molecule has 2 aliphatic rings. The first kappa shape index (κ1) is 25.4. The molecule has 1 N–H and O–H groups in total. The van der Waals surface area contributed by atoms with E-state index in [1.54, 1.807) is 6.92 Å². The lowest BCUT2D eigenvalue weighted by Gasteiger charge is -2.25. The summed E-state index contributed by atoms with van der Waals surface area (Å²) >= 11 is 0. The molecule has 190 valence electrons. The van der Waals surface area contributed by atoms with Gasteiger partial charge in [-0.25, -0.2) is 17.6 Å². The maximum Gasteiger partial charge on any atom is 0.417 e. The minimum atomic E-state index is -4.79. The zero-order valence-corrected chi connectivity index (χ0v) is 18.9. The number of rotatable bonds is 5. The van der Waals surface area contributed by atoms with Gasteiger partial charge in [0.2, 0.25) is 0 Å². The van der Waals surface area contributed by atoms with Crippen LogP contribution in [0.1, 0.15) is 48.7 Å². The van der Waals surface area contributed by atoms with E-state index in [0.29, 0.717) is 18.8 Å². The normalized spacial score (nSPS) is 18.4. The highest BCUT2D eigenvalue weighted by atomic mass is 19.4. The van der Waals surface area contributed by atoms with Gasteiger partial charge >= 0.3 is 6.18 Å². The second kappa shape index (κ2) is 9.40. The largest absolute Gasteiger partial charge is 0.417 e. The Morgan fingerprint density at radius 1 is 1.19 bits per heavy atom. The molecular formula is C24H19F7N4O. The monoisotopic (exact) mass is 512 g/mol. The number of nitrogens with zero attached hydrogens (tertiary/aromatic N) is 3. The lowest BCUT2D eigenvalue weighted by Crippen LogP contribution is -2.37. The van der Waals surface area contributed by atoms with Gasteiger partial charge in [-0.2, -0.15) is 13.2 Å². The van der Waals surface area contributed by atoms with Gasteiger partial charge in [-0.1, -0.05) is 18.2 Å². The molecule has 5 nitrogen and oxygen atoms in total. The SMILES string of the molecule is C[C@@H]1CN2C=C(c3ncc(C(F)(F)F)cc3F)C=C(C(=O)N[C@H](C)c3cccc(C(F)F)c3F)C2=N1. The molecule has 36 heavy (non-hydrogen) atoms. The third-order valence-corrected chi connectivity index (χ3v) is 5.71. The molecule has 0 fully saturated rings. The lowest BCUT2D eigenvalue weighted by atomic mass is 10.0. The van der Waals surface area contributed by atoms with Gasteiger partial charge in [0.15, 0.2) is 0 Å². The molecule has 0 saturated heterocycles. The van der Waals surface area contributed by atoms with Crippen LogP contribution in [0.2, 0.25) is 0 Å². The van der Waals surface area contributed by atoms with Gasteiger partial charge in [-0.15, -0.1) is 0 Å².